The van der Waals surface area contributed by atoms with E-state index in [4.69, 9.17) is 4.74 Å². The summed E-state index contributed by atoms with van der Waals surface area (Å²) in [5, 5.41) is 3.07. The molecule has 0 aromatic heterocycles. The molecule has 2 aromatic carbocycles. The molecule has 0 saturated heterocycles. The van der Waals surface area contributed by atoms with E-state index in [9.17, 15) is 18.0 Å². The summed E-state index contributed by atoms with van der Waals surface area (Å²) in [6.07, 6.45) is -3.69. The highest BCUT2D eigenvalue weighted by Crippen LogP contribution is 2.34. The number of ether oxygens (including phenoxy) is 1. The predicted molar refractivity (Wildman–Crippen MR) is 91.8 cm³/mol. The Hall–Kier alpha value is -2.34. The Morgan fingerprint density at radius 2 is 1.88 bits per heavy atom. The highest BCUT2D eigenvalue weighted by Gasteiger charge is 2.46. The van der Waals surface area contributed by atoms with Crippen molar-refractivity contribution in [2.45, 2.75) is 31.5 Å². The summed E-state index contributed by atoms with van der Waals surface area (Å²) in [4.78, 5) is 11.5. The van der Waals surface area contributed by atoms with Crippen molar-refractivity contribution in [3.8, 4) is 0 Å². The van der Waals surface area contributed by atoms with E-state index in [1.165, 1.54) is 6.92 Å². The van der Waals surface area contributed by atoms with Gasteiger partial charge in [0.15, 0.2) is 0 Å². The van der Waals surface area contributed by atoms with E-state index in [0.717, 1.165) is 16.7 Å². The Balaban J connectivity index is 1.95. The first-order chi connectivity index (χ1) is 12.3. The van der Waals surface area contributed by atoms with Crippen molar-refractivity contribution in [2.75, 3.05) is 13.1 Å². The number of nitrogens with one attached hydrogen (secondary N) is 1. The van der Waals surface area contributed by atoms with E-state index in [-0.39, 0.29) is 6.54 Å². The molecule has 0 fully saturated rings. The normalized spacial score (nSPS) is 20.2. The molecule has 3 nitrogen and oxygen atoms in total. The minimum atomic E-state index is -5.02. The number of alkyl halides is 3. The maximum Gasteiger partial charge on any atom is 0.490 e. The van der Waals surface area contributed by atoms with E-state index in [1.807, 2.05) is 48.5 Å². The topological polar surface area (TPSA) is 38.3 Å². The van der Waals surface area contributed by atoms with Gasteiger partial charge in [-0.2, -0.15) is 13.2 Å². The first-order valence-electron chi connectivity index (χ1n) is 8.45. The van der Waals surface area contributed by atoms with Gasteiger partial charge in [0.25, 0.3) is 0 Å². The third-order valence-corrected chi connectivity index (χ3v) is 4.58. The molecule has 3 rings (SSSR count). The third-order valence-electron chi connectivity index (χ3n) is 4.58. The highest BCUT2D eigenvalue weighted by atomic mass is 19.4. The molecule has 0 aliphatic carbocycles. The van der Waals surface area contributed by atoms with Crippen molar-refractivity contribution < 1.29 is 22.7 Å². The Kier molecular flexibility index (Phi) is 5.05. The molecule has 1 heterocycles. The molecule has 0 radical (unpaired) electrons. The molecular weight excluding hydrogens is 343 g/mol. The summed E-state index contributed by atoms with van der Waals surface area (Å²) in [5.41, 5.74) is 2.22. The van der Waals surface area contributed by atoms with Crippen LogP contribution < -0.4 is 5.32 Å². The van der Waals surface area contributed by atoms with Crippen LogP contribution in [0.4, 0.5) is 13.2 Å². The van der Waals surface area contributed by atoms with Crippen molar-refractivity contribution >= 4 is 5.97 Å². The van der Waals surface area contributed by atoms with Gasteiger partial charge in [-0.3, -0.25) is 0 Å². The summed E-state index contributed by atoms with van der Waals surface area (Å²) in [6, 6.07) is 15.6. The number of halogens is 3. The molecule has 2 aromatic rings. The van der Waals surface area contributed by atoms with Crippen molar-refractivity contribution in [1.29, 1.82) is 0 Å². The molecule has 1 atom stereocenters. The fourth-order valence-electron chi connectivity index (χ4n) is 3.27. The predicted octanol–water partition coefficient (Wildman–Crippen LogP) is 3.74. The second-order valence-electron chi connectivity index (χ2n) is 6.70. The average molecular weight is 363 g/mol. The van der Waals surface area contributed by atoms with Crippen molar-refractivity contribution in [3.63, 3.8) is 0 Å². The second-order valence-corrected chi connectivity index (χ2v) is 6.70. The van der Waals surface area contributed by atoms with Gasteiger partial charge in [-0.15, -0.1) is 0 Å². The molecule has 0 amide bonds. The number of carbonyl (C=O) groups is 1. The van der Waals surface area contributed by atoms with Gasteiger partial charge in [-0.05, 0) is 43.0 Å². The minimum Gasteiger partial charge on any atom is -0.446 e. The summed E-state index contributed by atoms with van der Waals surface area (Å²) >= 11 is 0. The van der Waals surface area contributed by atoms with Crippen LogP contribution in [0.3, 0.4) is 0 Å². The van der Waals surface area contributed by atoms with Crippen LogP contribution >= 0.6 is 0 Å². The number of benzene rings is 2. The van der Waals surface area contributed by atoms with Crippen molar-refractivity contribution in [2.24, 2.45) is 0 Å². The molecule has 1 aliphatic heterocycles. The Bertz CT molecular complexity index is 789. The van der Waals surface area contributed by atoms with Crippen LogP contribution in [0.5, 0.6) is 0 Å². The number of carbonyl (C=O) groups excluding carboxylic acids is 1. The quantitative estimate of drug-likeness (QED) is 0.845. The lowest BCUT2D eigenvalue weighted by atomic mass is 9.88. The molecular formula is C20H20F3NO2. The van der Waals surface area contributed by atoms with Gasteiger partial charge in [-0.1, -0.05) is 48.5 Å². The molecule has 0 unspecified atom stereocenters. The molecule has 0 saturated carbocycles. The van der Waals surface area contributed by atoms with Crippen LogP contribution in [0, 0.1) is 0 Å². The minimum absolute atomic E-state index is 0.136. The highest BCUT2D eigenvalue weighted by molar-refractivity contribution is 5.76. The average Bonchev–Trinajstić information content (AvgIpc) is 2.74. The van der Waals surface area contributed by atoms with Gasteiger partial charge < -0.3 is 10.1 Å². The monoisotopic (exact) mass is 363 g/mol. The molecule has 0 spiro atoms. The number of hydrogen-bond donors (Lipinski definition) is 1. The molecule has 1 aliphatic rings. The largest absolute Gasteiger partial charge is 0.490 e. The van der Waals surface area contributed by atoms with E-state index >= 15 is 0 Å². The van der Waals surface area contributed by atoms with Gasteiger partial charge in [0, 0.05) is 12.1 Å². The zero-order valence-corrected chi connectivity index (χ0v) is 14.4. The van der Waals surface area contributed by atoms with Gasteiger partial charge in [-0.25, -0.2) is 4.79 Å². The maximum absolute atomic E-state index is 12.7. The fraction of sp³-hybridized carbons (Fsp3) is 0.350. The molecule has 0 bridgehead atoms. The Morgan fingerprint density at radius 1 is 1.15 bits per heavy atom. The number of fused-ring (bicyclic) bond motifs is 1. The second kappa shape index (κ2) is 7.11. The number of rotatable bonds is 3. The van der Waals surface area contributed by atoms with E-state index in [1.54, 1.807) is 0 Å². The summed E-state index contributed by atoms with van der Waals surface area (Å²) in [5.74, 6) is -2.16. The molecule has 1 N–H and O–H groups in total. The van der Waals surface area contributed by atoms with Crippen LogP contribution in [-0.4, -0.2) is 25.2 Å². The van der Waals surface area contributed by atoms with Crippen LogP contribution in [0.15, 0.2) is 48.5 Å². The van der Waals surface area contributed by atoms with Gasteiger partial charge in [0.05, 0.1) is 0 Å². The summed E-state index contributed by atoms with van der Waals surface area (Å²) in [6.45, 7) is 2.28. The molecule has 26 heavy (non-hydrogen) atoms. The summed E-state index contributed by atoms with van der Waals surface area (Å²) in [7, 11) is 0. The Labute approximate surface area is 150 Å². The van der Waals surface area contributed by atoms with E-state index < -0.39 is 17.7 Å². The molecule has 6 heteroatoms. The number of esters is 1. The lowest BCUT2D eigenvalue weighted by molar-refractivity contribution is -0.213. The van der Waals surface area contributed by atoms with Gasteiger partial charge in [0.2, 0.25) is 0 Å². The zero-order valence-electron chi connectivity index (χ0n) is 14.4. The fourth-order valence-corrected chi connectivity index (χ4v) is 3.27. The van der Waals surface area contributed by atoms with Crippen LogP contribution in [0.25, 0.3) is 0 Å². The first-order valence-corrected chi connectivity index (χ1v) is 8.45. The maximum atomic E-state index is 12.7. The first kappa shape index (κ1) is 18.5. The van der Waals surface area contributed by atoms with Gasteiger partial charge in [0.1, 0.15) is 5.60 Å². The Morgan fingerprint density at radius 3 is 2.58 bits per heavy atom. The lowest BCUT2D eigenvalue weighted by Gasteiger charge is -2.31. The number of hydrogen-bond acceptors (Lipinski definition) is 3. The van der Waals surface area contributed by atoms with Crippen LogP contribution in [-0.2, 0) is 28.0 Å². The zero-order chi connectivity index (χ0) is 18.8. The van der Waals surface area contributed by atoms with Gasteiger partial charge >= 0.3 is 12.1 Å². The van der Waals surface area contributed by atoms with E-state index in [0.29, 0.717) is 24.9 Å². The summed E-state index contributed by atoms with van der Waals surface area (Å²) < 4.78 is 43.1. The van der Waals surface area contributed by atoms with E-state index in [2.05, 4.69) is 5.32 Å². The third kappa shape index (κ3) is 4.07. The lowest BCUT2D eigenvalue weighted by Crippen LogP contribution is -2.42. The van der Waals surface area contributed by atoms with Crippen molar-refractivity contribution in [1.82, 2.24) is 5.32 Å². The van der Waals surface area contributed by atoms with Crippen LogP contribution in [0.1, 0.15) is 29.2 Å². The SMILES string of the molecule is C[C@]1(OC(=O)C(F)(F)F)CNCCc2ccc(Cc3ccccc3)cc21. The van der Waals surface area contributed by atoms with Crippen LogP contribution in [0.2, 0.25) is 0 Å². The van der Waals surface area contributed by atoms with Crippen molar-refractivity contribution in [3.05, 3.63) is 70.8 Å². The smallest absolute Gasteiger partial charge is 0.446 e. The molecule has 138 valence electrons. The standard InChI is InChI=1S/C20H20F3NO2/c1-19(26-18(25)20(21,22)23)13-24-10-9-16-8-7-15(12-17(16)19)11-14-5-3-2-4-6-14/h2-8,12,24H,9-11,13H2,1H3/t19-/m0/s1.